The first-order valence-corrected chi connectivity index (χ1v) is 4.40. The van der Waals surface area contributed by atoms with Crippen molar-refractivity contribution >= 4 is 11.9 Å². The maximum atomic E-state index is 11.3. The van der Waals surface area contributed by atoms with Gasteiger partial charge in [0.15, 0.2) is 0 Å². The number of rotatable bonds is 2. The molecule has 6 nitrogen and oxygen atoms in total. The molecular weight excluding hydrogens is 186 g/mol. The molecule has 2 unspecified atom stereocenters. The summed E-state index contributed by atoms with van der Waals surface area (Å²) in [6, 6.07) is -0.853. The number of hydrogen-bond donors (Lipinski definition) is 2. The zero-order valence-electron chi connectivity index (χ0n) is 8.32. The Balaban J connectivity index is 2.71. The number of hydrogen-bond acceptors (Lipinski definition) is 3. The highest BCUT2D eigenvalue weighted by Crippen LogP contribution is 2.19. The second kappa shape index (κ2) is 4.28. The molecule has 3 amide bonds. The van der Waals surface area contributed by atoms with Crippen LogP contribution in [-0.2, 0) is 9.53 Å². The minimum absolute atomic E-state index is 0.107. The van der Waals surface area contributed by atoms with Crippen molar-refractivity contribution < 1.29 is 14.3 Å². The molecule has 0 spiro atoms. The normalized spacial score (nSPS) is 26.3. The number of ether oxygens (including phenoxy) is 1. The Morgan fingerprint density at radius 3 is 2.64 bits per heavy atom. The maximum Gasteiger partial charge on any atom is 0.317 e. The van der Waals surface area contributed by atoms with Crippen LogP contribution in [0.4, 0.5) is 4.79 Å². The van der Waals surface area contributed by atoms with Crippen LogP contribution >= 0.6 is 0 Å². The van der Waals surface area contributed by atoms with E-state index in [0.29, 0.717) is 13.0 Å². The molecule has 0 aromatic rings. The van der Waals surface area contributed by atoms with Crippen molar-refractivity contribution in [3.63, 3.8) is 0 Å². The second-order valence-corrected chi connectivity index (χ2v) is 3.22. The predicted molar refractivity (Wildman–Crippen MR) is 49.6 cm³/mol. The van der Waals surface area contributed by atoms with Gasteiger partial charge in [0.05, 0.1) is 6.10 Å². The summed E-state index contributed by atoms with van der Waals surface area (Å²) >= 11 is 0. The lowest BCUT2D eigenvalue weighted by molar-refractivity contribution is -0.121. The van der Waals surface area contributed by atoms with Crippen LogP contribution in [0.15, 0.2) is 0 Å². The van der Waals surface area contributed by atoms with Gasteiger partial charge in [0, 0.05) is 27.1 Å². The van der Waals surface area contributed by atoms with Crippen molar-refractivity contribution in [2.45, 2.75) is 18.6 Å². The third kappa shape index (κ3) is 1.95. The molecule has 1 aliphatic heterocycles. The number of nitrogens with zero attached hydrogens (tertiary/aromatic N) is 1. The fourth-order valence-electron chi connectivity index (χ4n) is 1.61. The first-order valence-electron chi connectivity index (χ1n) is 4.40. The molecule has 1 saturated heterocycles. The van der Waals surface area contributed by atoms with E-state index in [2.05, 4.69) is 5.32 Å². The highest BCUT2D eigenvalue weighted by atomic mass is 16.5. The number of amides is 3. The summed E-state index contributed by atoms with van der Waals surface area (Å²) in [7, 11) is 3.07. The Hall–Kier alpha value is -1.30. The zero-order chi connectivity index (χ0) is 10.7. The van der Waals surface area contributed by atoms with Crippen LogP contribution in [-0.4, -0.2) is 49.7 Å². The molecule has 1 aliphatic rings. The summed E-state index contributed by atoms with van der Waals surface area (Å²) < 4.78 is 5.09. The van der Waals surface area contributed by atoms with E-state index in [9.17, 15) is 9.59 Å². The molecule has 0 aliphatic carbocycles. The molecule has 6 heteroatoms. The van der Waals surface area contributed by atoms with Crippen LogP contribution < -0.4 is 11.1 Å². The van der Waals surface area contributed by atoms with Gasteiger partial charge in [0.2, 0.25) is 5.91 Å². The standard InChI is InChI=1S/C8H15N3O3/c1-10-8(13)11-4-5(14-2)3-6(11)7(9)12/h5-6H,3-4H2,1-2H3,(H2,9,12)(H,10,13). The van der Waals surface area contributed by atoms with Gasteiger partial charge in [-0.25, -0.2) is 4.79 Å². The molecule has 2 atom stereocenters. The topological polar surface area (TPSA) is 84.7 Å². The average molecular weight is 201 g/mol. The Bertz CT molecular complexity index is 244. The number of carbonyl (C=O) groups is 2. The van der Waals surface area contributed by atoms with E-state index in [1.54, 1.807) is 7.11 Å². The van der Waals surface area contributed by atoms with Gasteiger partial charge in [-0.15, -0.1) is 0 Å². The number of nitrogens with two attached hydrogens (primary N) is 1. The van der Waals surface area contributed by atoms with Crippen molar-refractivity contribution in [3.8, 4) is 0 Å². The molecule has 1 rings (SSSR count). The van der Waals surface area contributed by atoms with Crippen molar-refractivity contribution in [1.82, 2.24) is 10.2 Å². The van der Waals surface area contributed by atoms with Gasteiger partial charge < -0.3 is 20.7 Å². The van der Waals surface area contributed by atoms with Crippen LogP contribution in [0.1, 0.15) is 6.42 Å². The van der Waals surface area contributed by atoms with Crippen molar-refractivity contribution in [2.75, 3.05) is 20.7 Å². The van der Waals surface area contributed by atoms with Crippen molar-refractivity contribution in [3.05, 3.63) is 0 Å². The average Bonchev–Trinajstić information content (AvgIpc) is 2.60. The van der Waals surface area contributed by atoms with Crippen LogP contribution in [0.3, 0.4) is 0 Å². The highest BCUT2D eigenvalue weighted by molar-refractivity contribution is 5.86. The van der Waals surface area contributed by atoms with Crippen molar-refractivity contribution in [1.29, 1.82) is 0 Å². The summed E-state index contributed by atoms with van der Waals surface area (Å²) in [6.07, 6.45) is 0.365. The van der Waals surface area contributed by atoms with Gasteiger partial charge in [-0.1, -0.05) is 0 Å². The SMILES string of the molecule is CNC(=O)N1CC(OC)CC1C(N)=O. The van der Waals surface area contributed by atoms with E-state index in [1.807, 2.05) is 0 Å². The predicted octanol–water partition coefficient (Wildman–Crippen LogP) is -1.10. The molecule has 0 aromatic carbocycles. The van der Waals surface area contributed by atoms with E-state index in [1.165, 1.54) is 11.9 Å². The van der Waals surface area contributed by atoms with Gasteiger partial charge in [0.1, 0.15) is 6.04 Å². The van der Waals surface area contributed by atoms with E-state index < -0.39 is 11.9 Å². The van der Waals surface area contributed by atoms with E-state index in [-0.39, 0.29) is 12.1 Å². The highest BCUT2D eigenvalue weighted by Gasteiger charge is 2.38. The molecule has 0 bridgehead atoms. The quantitative estimate of drug-likeness (QED) is 0.594. The third-order valence-corrected chi connectivity index (χ3v) is 2.40. The number of urea groups is 1. The molecular formula is C8H15N3O3. The molecule has 0 radical (unpaired) electrons. The van der Waals surface area contributed by atoms with Gasteiger partial charge in [0.25, 0.3) is 0 Å². The smallest absolute Gasteiger partial charge is 0.317 e. The molecule has 1 heterocycles. The van der Waals surface area contributed by atoms with Crippen LogP contribution in [0.25, 0.3) is 0 Å². The molecule has 14 heavy (non-hydrogen) atoms. The zero-order valence-corrected chi connectivity index (χ0v) is 8.32. The summed E-state index contributed by atoms with van der Waals surface area (Å²) in [5.41, 5.74) is 5.18. The lowest BCUT2D eigenvalue weighted by Gasteiger charge is -2.20. The fraction of sp³-hybridized carbons (Fsp3) is 0.750. The summed E-state index contributed by atoms with van der Waals surface area (Å²) in [5.74, 6) is -0.492. The largest absolute Gasteiger partial charge is 0.380 e. The van der Waals surface area contributed by atoms with Gasteiger partial charge in [-0.3, -0.25) is 4.79 Å². The Morgan fingerprint density at radius 1 is 1.57 bits per heavy atom. The van der Waals surface area contributed by atoms with Gasteiger partial charge in [-0.2, -0.15) is 0 Å². The molecule has 1 fully saturated rings. The van der Waals surface area contributed by atoms with Crippen LogP contribution in [0.2, 0.25) is 0 Å². The molecule has 3 N–H and O–H groups in total. The lowest BCUT2D eigenvalue weighted by atomic mass is 10.2. The monoisotopic (exact) mass is 201 g/mol. The fourth-order valence-corrected chi connectivity index (χ4v) is 1.61. The minimum atomic E-state index is -0.556. The first-order chi connectivity index (χ1) is 6.60. The van der Waals surface area contributed by atoms with E-state index in [0.717, 1.165) is 0 Å². The first kappa shape index (κ1) is 10.8. The third-order valence-electron chi connectivity index (χ3n) is 2.40. The molecule has 0 aromatic heterocycles. The van der Waals surface area contributed by atoms with Crippen LogP contribution in [0.5, 0.6) is 0 Å². The minimum Gasteiger partial charge on any atom is -0.380 e. The van der Waals surface area contributed by atoms with Crippen molar-refractivity contribution in [2.24, 2.45) is 5.73 Å². The number of primary amides is 1. The second-order valence-electron chi connectivity index (χ2n) is 3.22. The lowest BCUT2D eigenvalue weighted by Crippen LogP contribution is -2.47. The summed E-state index contributed by atoms with van der Waals surface area (Å²) in [5, 5.41) is 2.46. The van der Waals surface area contributed by atoms with E-state index in [4.69, 9.17) is 10.5 Å². The van der Waals surface area contributed by atoms with E-state index >= 15 is 0 Å². The summed E-state index contributed by atoms with van der Waals surface area (Å²) in [4.78, 5) is 23.8. The molecule has 80 valence electrons. The number of carbonyl (C=O) groups excluding carboxylic acids is 2. The summed E-state index contributed by atoms with van der Waals surface area (Å²) in [6.45, 7) is 0.407. The maximum absolute atomic E-state index is 11.3. The Morgan fingerprint density at radius 2 is 2.21 bits per heavy atom. The Labute approximate surface area is 82.4 Å². The van der Waals surface area contributed by atoms with Crippen LogP contribution in [0, 0.1) is 0 Å². The van der Waals surface area contributed by atoms with Gasteiger partial charge in [-0.05, 0) is 0 Å². The number of likely N-dealkylation sites (tertiary alicyclic amines) is 1. The van der Waals surface area contributed by atoms with Gasteiger partial charge >= 0.3 is 6.03 Å². The number of methoxy groups -OCH3 is 1. The number of nitrogens with one attached hydrogen (secondary N) is 1. The molecule has 0 saturated carbocycles. The Kier molecular flexibility index (Phi) is 3.29.